The quantitative estimate of drug-likeness (QED) is 0.801. The van der Waals surface area contributed by atoms with Crippen LogP contribution < -0.4 is 16.6 Å². The van der Waals surface area contributed by atoms with E-state index in [0.29, 0.717) is 29.9 Å². The Labute approximate surface area is 128 Å². The highest BCUT2D eigenvalue weighted by Gasteiger charge is 2.12. The number of anilines is 1. The van der Waals surface area contributed by atoms with Crippen LogP contribution in [0.3, 0.4) is 0 Å². The van der Waals surface area contributed by atoms with Crippen LogP contribution in [-0.2, 0) is 18.8 Å². The zero-order valence-electron chi connectivity index (χ0n) is 13.4. The van der Waals surface area contributed by atoms with E-state index in [0.717, 1.165) is 11.0 Å². The number of aromatic nitrogens is 3. The second-order valence-electron chi connectivity index (χ2n) is 5.46. The standard InChI is InChI=1S/C15H22N4O3/c1-10(2)22-9-5-7-16-11-6-8-17-13-12(11)14(20)19(4)15(21)18(13)3/h6,8,10H,5,7,9H2,1-4H3,(H,16,17). The lowest BCUT2D eigenvalue weighted by Crippen LogP contribution is -2.37. The average molecular weight is 306 g/mol. The highest BCUT2D eigenvalue weighted by atomic mass is 16.5. The highest BCUT2D eigenvalue weighted by Crippen LogP contribution is 2.16. The summed E-state index contributed by atoms with van der Waals surface area (Å²) in [4.78, 5) is 28.4. The van der Waals surface area contributed by atoms with Gasteiger partial charge in [-0.3, -0.25) is 13.9 Å². The molecule has 1 N–H and O–H groups in total. The molecule has 0 amide bonds. The average Bonchev–Trinajstić information content (AvgIpc) is 2.50. The lowest BCUT2D eigenvalue weighted by molar-refractivity contribution is 0.0787. The molecule has 2 aromatic rings. The van der Waals surface area contributed by atoms with Crippen molar-refractivity contribution in [3.63, 3.8) is 0 Å². The van der Waals surface area contributed by atoms with Crippen molar-refractivity contribution in [3.8, 4) is 0 Å². The highest BCUT2D eigenvalue weighted by molar-refractivity contribution is 5.87. The van der Waals surface area contributed by atoms with E-state index >= 15 is 0 Å². The Bertz CT molecular complexity index is 777. The first-order valence-electron chi connectivity index (χ1n) is 7.33. The van der Waals surface area contributed by atoms with Crippen LogP contribution in [0.25, 0.3) is 11.0 Å². The van der Waals surface area contributed by atoms with Gasteiger partial charge in [0.25, 0.3) is 5.56 Å². The fraction of sp³-hybridized carbons (Fsp3) is 0.533. The maximum atomic E-state index is 12.3. The largest absolute Gasteiger partial charge is 0.384 e. The minimum Gasteiger partial charge on any atom is -0.384 e. The Morgan fingerprint density at radius 3 is 2.68 bits per heavy atom. The normalized spacial score (nSPS) is 11.3. The van der Waals surface area contributed by atoms with Gasteiger partial charge in [0.2, 0.25) is 0 Å². The lowest BCUT2D eigenvalue weighted by atomic mass is 10.2. The van der Waals surface area contributed by atoms with Gasteiger partial charge in [-0.15, -0.1) is 0 Å². The van der Waals surface area contributed by atoms with Gasteiger partial charge in [-0.25, -0.2) is 9.78 Å². The van der Waals surface area contributed by atoms with E-state index in [1.54, 1.807) is 19.3 Å². The third-order valence-electron chi connectivity index (χ3n) is 3.43. The van der Waals surface area contributed by atoms with Crippen LogP contribution in [0.5, 0.6) is 0 Å². The number of nitrogens with zero attached hydrogens (tertiary/aromatic N) is 3. The van der Waals surface area contributed by atoms with Crippen molar-refractivity contribution in [2.45, 2.75) is 26.4 Å². The van der Waals surface area contributed by atoms with Gasteiger partial charge in [-0.1, -0.05) is 0 Å². The molecule has 120 valence electrons. The number of hydrogen-bond donors (Lipinski definition) is 1. The molecule has 0 aliphatic heterocycles. The monoisotopic (exact) mass is 306 g/mol. The SMILES string of the molecule is CC(C)OCCCNc1ccnc2c1c(=O)n(C)c(=O)n2C. The van der Waals surface area contributed by atoms with Crippen molar-refractivity contribution < 1.29 is 4.74 Å². The van der Waals surface area contributed by atoms with Gasteiger partial charge >= 0.3 is 5.69 Å². The summed E-state index contributed by atoms with van der Waals surface area (Å²) in [5.41, 5.74) is 0.349. The molecule has 7 nitrogen and oxygen atoms in total. The summed E-state index contributed by atoms with van der Waals surface area (Å²) in [7, 11) is 3.08. The molecular formula is C15H22N4O3. The molecule has 0 saturated heterocycles. The number of pyridine rings is 1. The Kier molecular flexibility index (Phi) is 4.97. The summed E-state index contributed by atoms with van der Waals surface area (Å²) in [5, 5.41) is 3.66. The minimum atomic E-state index is -0.382. The molecule has 22 heavy (non-hydrogen) atoms. The molecule has 2 heterocycles. The first-order valence-corrected chi connectivity index (χ1v) is 7.33. The van der Waals surface area contributed by atoms with Crippen LogP contribution in [0.2, 0.25) is 0 Å². The van der Waals surface area contributed by atoms with E-state index in [4.69, 9.17) is 4.74 Å². The molecule has 0 atom stereocenters. The zero-order valence-corrected chi connectivity index (χ0v) is 13.4. The molecule has 0 bridgehead atoms. The summed E-state index contributed by atoms with van der Waals surface area (Å²) >= 11 is 0. The number of nitrogens with one attached hydrogen (secondary N) is 1. The van der Waals surface area contributed by atoms with Gasteiger partial charge < -0.3 is 10.1 Å². The van der Waals surface area contributed by atoms with Gasteiger partial charge in [0.15, 0.2) is 5.65 Å². The molecule has 2 aromatic heterocycles. The Morgan fingerprint density at radius 1 is 1.27 bits per heavy atom. The van der Waals surface area contributed by atoms with Crippen molar-refractivity contribution in [3.05, 3.63) is 33.1 Å². The molecule has 0 spiro atoms. The van der Waals surface area contributed by atoms with Crippen molar-refractivity contribution in [2.24, 2.45) is 14.1 Å². The summed E-state index contributed by atoms with van der Waals surface area (Å²) in [5.74, 6) is 0. The topological polar surface area (TPSA) is 78.2 Å². The van der Waals surface area contributed by atoms with Crippen molar-refractivity contribution in [1.82, 2.24) is 14.1 Å². The van der Waals surface area contributed by atoms with Gasteiger partial charge in [0.05, 0.1) is 11.8 Å². The number of fused-ring (bicyclic) bond motifs is 1. The zero-order chi connectivity index (χ0) is 16.3. The van der Waals surface area contributed by atoms with E-state index in [1.165, 1.54) is 11.6 Å². The molecule has 0 unspecified atom stereocenters. The van der Waals surface area contributed by atoms with Crippen LogP contribution in [0.15, 0.2) is 21.9 Å². The van der Waals surface area contributed by atoms with Gasteiger partial charge in [-0.05, 0) is 26.3 Å². The third kappa shape index (κ3) is 3.19. The summed E-state index contributed by atoms with van der Waals surface area (Å²) in [6, 6.07) is 1.75. The number of rotatable bonds is 6. The minimum absolute atomic E-state index is 0.212. The van der Waals surface area contributed by atoms with Gasteiger partial charge in [-0.2, -0.15) is 0 Å². The van der Waals surface area contributed by atoms with Crippen LogP contribution in [0.4, 0.5) is 5.69 Å². The molecule has 0 radical (unpaired) electrons. The Hall–Kier alpha value is -2.15. The summed E-state index contributed by atoms with van der Waals surface area (Å²) in [6.07, 6.45) is 2.63. The third-order valence-corrected chi connectivity index (χ3v) is 3.43. The first-order chi connectivity index (χ1) is 10.4. The molecule has 0 fully saturated rings. The maximum Gasteiger partial charge on any atom is 0.332 e. The fourth-order valence-electron chi connectivity index (χ4n) is 2.25. The van der Waals surface area contributed by atoms with Gasteiger partial charge in [0.1, 0.15) is 5.39 Å². The van der Waals surface area contributed by atoms with Crippen LogP contribution in [0, 0.1) is 0 Å². The predicted octanol–water partition coefficient (Wildman–Crippen LogP) is 0.859. The fourth-order valence-corrected chi connectivity index (χ4v) is 2.25. The Morgan fingerprint density at radius 2 is 2.00 bits per heavy atom. The number of ether oxygens (including phenoxy) is 1. The molecule has 0 aliphatic rings. The first kappa shape index (κ1) is 16.2. The van der Waals surface area contributed by atoms with E-state index in [2.05, 4.69) is 10.3 Å². The predicted molar refractivity (Wildman–Crippen MR) is 86.4 cm³/mol. The lowest BCUT2D eigenvalue weighted by Gasteiger charge is -2.12. The summed E-state index contributed by atoms with van der Waals surface area (Å²) in [6.45, 7) is 5.32. The summed E-state index contributed by atoms with van der Waals surface area (Å²) < 4.78 is 7.95. The Balaban J connectivity index is 2.28. The number of hydrogen-bond acceptors (Lipinski definition) is 5. The van der Waals surface area contributed by atoms with Crippen LogP contribution in [-0.4, -0.2) is 33.4 Å². The van der Waals surface area contributed by atoms with Crippen molar-refractivity contribution in [2.75, 3.05) is 18.5 Å². The van der Waals surface area contributed by atoms with E-state index in [-0.39, 0.29) is 17.4 Å². The van der Waals surface area contributed by atoms with Crippen molar-refractivity contribution >= 4 is 16.7 Å². The molecule has 0 saturated carbocycles. The second-order valence-corrected chi connectivity index (χ2v) is 5.46. The number of aryl methyl sites for hydroxylation is 1. The van der Waals surface area contributed by atoms with Crippen LogP contribution >= 0.6 is 0 Å². The molecular weight excluding hydrogens is 284 g/mol. The molecule has 2 rings (SSSR count). The van der Waals surface area contributed by atoms with E-state index in [9.17, 15) is 9.59 Å². The molecule has 0 aliphatic carbocycles. The second kappa shape index (κ2) is 6.74. The molecule has 0 aromatic carbocycles. The van der Waals surface area contributed by atoms with E-state index in [1.807, 2.05) is 13.8 Å². The van der Waals surface area contributed by atoms with E-state index < -0.39 is 0 Å². The van der Waals surface area contributed by atoms with Gasteiger partial charge in [0, 0.05) is 33.4 Å². The van der Waals surface area contributed by atoms with Crippen LogP contribution in [0.1, 0.15) is 20.3 Å². The molecule has 7 heteroatoms. The van der Waals surface area contributed by atoms with Crippen molar-refractivity contribution in [1.29, 1.82) is 0 Å². The smallest absolute Gasteiger partial charge is 0.332 e. The maximum absolute atomic E-state index is 12.3.